The van der Waals surface area contributed by atoms with Gasteiger partial charge in [-0.2, -0.15) is 0 Å². The fourth-order valence-electron chi connectivity index (χ4n) is 1.59. The van der Waals surface area contributed by atoms with Crippen LogP contribution in [-0.2, 0) is 11.3 Å². The summed E-state index contributed by atoms with van der Waals surface area (Å²) in [5.74, 6) is 0.138. The van der Waals surface area contributed by atoms with Gasteiger partial charge in [0.15, 0.2) is 0 Å². The van der Waals surface area contributed by atoms with Gasteiger partial charge in [0, 0.05) is 30.0 Å². The zero-order valence-electron chi connectivity index (χ0n) is 11.5. The fourth-order valence-corrected chi connectivity index (χ4v) is 3.11. The lowest BCUT2D eigenvalue weighted by atomic mass is 10.2. The summed E-state index contributed by atoms with van der Waals surface area (Å²) < 4.78 is 1.60. The van der Waals surface area contributed by atoms with Gasteiger partial charge in [-0.15, -0.1) is 10.2 Å². The first-order valence-electron chi connectivity index (χ1n) is 6.25. The second kappa shape index (κ2) is 6.27. The van der Waals surface area contributed by atoms with E-state index in [4.69, 9.17) is 0 Å². The highest BCUT2D eigenvalue weighted by Crippen LogP contribution is 2.22. The van der Waals surface area contributed by atoms with Crippen molar-refractivity contribution in [1.29, 1.82) is 0 Å². The van der Waals surface area contributed by atoms with Crippen molar-refractivity contribution in [3.63, 3.8) is 0 Å². The van der Waals surface area contributed by atoms with Crippen molar-refractivity contribution in [2.24, 2.45) is 0 Å². The van der Waals surface area contributed by atoms with Crippen LogP contribution in [0, 0.1) is 6.92 Å². The molecule has 0 saturated heterocycles. The highest BCUT2D eigenvalue weighted by Gasteiger charge is 2.11. The molecule has 20 heavy (non-hydrogen) atoms. The van der Waals surface area contributed by atoms with Crippen LogP contribution in [0.2, 0.25) is 0 Å². The molecule has 0 spiro atoms. The Bertz CT molecular complexity index is 656. The molecule has 0 saturated carbocycles. The summed E-state index contributed by atoms with van der Waals surface area (Å²) in [4.78, 5) is 23.3. The van der Waals surface area contributed by atoms with E-state index in [2.05, 4.69) is 15.5 Å². The highest BCUT2D eigenvalue weighted by molar-refractivity contribution is 7.15. The molecule has 0 aliphatic heterocycles. The van der Waals surface area contributed by atoms with Crippen LogP contribution < -0.4 is 10.2 Å². The molecule has 1 N–H and O–H groups in total. The van der Waals surface area contributed by atoms with Gasteiger partial charge in [0.25, 0.3) is 0 Å². The summed E-state index contributed by atoms with van der Waals surface area (Å²) in [6.07, 6.45) is 0.244. The number of aryl methyl sites for hydroxylation is 1. The van der Waals surface area contributed by atoms with Crippen LogP contribution in [0.5, 0.6) is 0 Å². The molecule has 2 heterocycles. The van der Waals surface area contributed by atoms with Crippen LogP contribution in [0.1, 0.15) is 36.9 Å². The lowest BCUT2D eigenvalue weighted by molar-refractivity contribution is -0.116. The summed E-state index contributed by atoms with van der Waals surface area (Å²) in [7, 11) is 0. The third-order valence-corrected chi connectivity index (χ3v) is 4.74. The first-order valence-corrected chi connectivity index (χ1v) is 7.95. The predicted octanol–water partition coefficient (Wildman–Crippen LogP) is 2.22. The van der Waals surface area contributed by atoms with E-state index in [9.17, 15) is 9.59 Å². The quantitative estimate of drug-likeness (QED) is 0.918. The van der Waals surface area contributed by atoms with Crippen LogP contribution in [0.25, 0.3) is 0 Å². The molecule has 2 aromatic rings. The van der Waals surface area contributed by atoms with Gasteiger partial charge in [-0.05, 0) is 6.92 Å². The van der Waals surface area contributed by atoms with Crippen LogP contribution in [0.15, 0.2) is 10.2 Å². The number of hydrogen-bond donors (Lipinski definition) is 1. The Morgan fingerprint density at radius 2 is 2.20 bits per heavy atom. The van der Waals surface area contributed by atoms with E-state index in [1.807, 2.05) is 20.8 Å². The smallest absolute Gasteiger partial charge is 0.303 e. The number of hydrogen-bond acceptors (Lipinski definition) is 6. The molecule has 0 aliphatic rings. The van der Waals surface area contributed by atoms with Crippen molar-refractivity contribution in [1.82, 2.24) is 14.8 Å². The molecule has 0 fully saturated rings. The number of thiazole rings is 1. The molecule has 0 aromatic carbocycles. The monoisotopic (exact) mass is 312 g/mol. The highest BCUT2D eigenvalue weighted by atomic mass is 32.1. The first kappa shape index (κ1) is 14.9. The maximum absolute atomic E-state index is 11.8. The van der Waals surface area contributed by atoms with E-state index >= 15 is 0 Å². The number of rotatable bonds is 5. The summed E-state index contributed by atoms with van der Waals surface area (Å²) in [5, 5.41) is 13.8. The molecular weight excluding hydrogens is 296 g/mol. The lowest BCUT2D eigenvalue weighted by Crippen LogP contribution is -2.20. The normalized spacial score (nSPS) is 11.0. The molecule has 0 radical (unpaired) electrons. The fraction of sp³-hybridized carbons (Fsp3) is 0.500. The standard InChI is InChI=1S/C12H16N4O2S2/c1-7(2)10-14-15-11(20-10)13-9(17)4-5-16-8(3)6-19-12(16)18/h6-7H,4-5H2,1-3H3,(H,13,15,17). The molecule has 2 aromatic heterocycles. The van der Waals surface area contributed by atoms with Crippen molar-refractivity contribution in [2.45, 2.75) is 39.7 Å². The van der Waals surface area contributed by atoms with Crippen LogP contribution in [-0.4, -0.2) is 20.7 Å². The van der Waals surface area contributed by atoms with Gasteiger partial charge in [-0.25, -0.2) is 0 Å². The maximum Gasteiger partial charge on any atom is 0.307 e. The Balaban J connectivity index is 1.91. The third kappa shape index (κ3) is 3.51. The van der Waals surface area contributed by atoms with Crippen molar-refractivity contribution < 1.29 is 4.79 Å². The molecule has 6 nitrogen and oxygen atoms in total. The van der Waals surface area contributed by atoms with E-state index in [0.29, 0.717) is 17.6 Å². The van der Waals surface area contributed by atoms with Crippen LogP contribution in [0.3, 0.4) is 0 Å². The number of amides is 1. The topological polar surface area (TPSA) is 76.9 Å². The van der Waals surface area contributed by atoms with Crippen molar-refractivity contribution in [2.75, 3.05) is 5.32 Å². The Kier molecular flexibility index (Phi) is 4.66. The van der Waals surface area contributed by atoms with Gasteiger partial charge < -0.3 is 9.88 Å². The van der Waals surface area contributed by atoms with Crippen molar-refractivity contribution in [3.05, 3.63) is 25.7 Å². The average molecular weight is 312 g/mol. The zero-order valence-corrected chi connectivity index (χ0v) is 13.2. The number of anilines is 1. The Morgan fingerprint density at radius 3 is 2.75 bits per heavy atom. The van der Waals surface area contributed by atoms with E-state index in [1.165, 1.54) is 11.3 Å². The zero-order chi connectivity index (χ0) is 14.7. The van der Waals surface area contributed by atoms with Crippen molar-refractivity contribution in [3.8, 4) is 0 Å². The summed E-state index contributed by atoms with van der Waals surface area (Å²) in [6, 6.07) is 0. The number of aromatic nitrogens is 3. The molecule has 0 bridgehead atoms. The van der Waals surface area contributed by atoms with Gasteiger partial charge in [-0.3, -0.25) is 9.59 Å². The number of carbonyl (C=O) groups is 1. The summed E-state index contributed by atoms with van der Waals surface area (Å²) in [5.41, 5.74) is 0.880. The third-order valence-electron chi connectivity index (χ3n) is 2.72. The van der Waals surface area contributed by atoms with Gasteiger partial charge in [0.05, 0.1) is 0 Å². The summed E-state index contributed by atoms with van der Waals surface area (Å²) in [6.45, 7) is 6.29. The second-order valence-corrected chi connectivity index (χ2v) is 6.52. The predicted molar refractivity (Wildman–Crippen MR) is 80.6 cm³/mol. The minimum Gasteiger partial charge on any atom is -0.303 e. The van der Waals surface area contributed by atoms with Gasteiger partial charge in [0.1, 0.15) is 5.01 Å². The van der Waals surface area contributed by atoms with Crippen LogP contribution >= 0.6 is 22.7 Å². The molecule has 0 atom stereocenters. The minimum atomic E-state index is -0.158. The number of nitrogens with one attached hydrogen (secondary N) is 1. The van der Waals surface area contributed by atoms with Gasteiger partial charge >= 0.3 is 4.87 Å². The van der Waals surface area contributed by atoms with Crippen LogP contribution in [0.4, 0.5) is 5.13 Å². The second-order valence-electron chi connectivity index (χ2n) is 4.69. The Labute approximate surface area is 124 Å². The molecule has 1 amide bonds. The minimum absolute atomic E-state index is 0.0340. The molecule has 0 aliphatic carbocycles. The molecule has 0 unspecified atom stereocenters. The number of nitrogens with zero attached hydrogens (tertiary/aromatic N) is 3. The maximum atomic E-state index is 11.8. The van der Waals surface area contributed by atoms with E-state index < -0.39 is 0 Å². The molecule has 108 valence electrons. The largest absolute Gasteiger partial charge is 0.307 e. The van der Waals surface area contributed by atoms with Gasteiger partial charge in [-0.1, -0.05) is 36.5 Å². The lowest BCUT2D eigenvalue weighted by Gasteiger charge is -2.04. The SMILES string of the molecule is Cc1csc(=O)n1CCC(=O)Nc1nnc(C(C)C)s1. The summed E-state index contributed by atoms with van der Waals surface area (Å²) >= 11 is 2.53. The van der Waals surface area contributed by atoms with E-state index in [0.717, 1.165) is 22.0 Å². The molecule has 8 heteroatoms. The van der Waals surface area contributed by atoms with Crippen molar-refractivity contribution >= 4 is 33.7 Å². The molecular formula is C12H16N4O2S2. The molecule has 2 rings (SSSR count). The Morgan fingerprint density at radius 1 is 1.45 bits per heavy atom. The van der Waals surface area contributed by atoms with E-state index in [1.54, 1.807) is 9.95 Å². The van der Waals surface area contributed by atoms with Gasteiger partial charge in [0.2, 0.25) is 11.0 Å². The number of carbonyl (C=O) groups excluding carboxylic acids is 1. The van der Waals surface area contributed by atoms with E-state index in [-0.39, 0.29) is 17.2 Å². The average Bonchev–Trinajstić information content (AvgIpc) is 2.96. The Hall–Kier alpha value is -1.54. The first-order chi connectivity index (χ1) is 9.47.